The van der Waals surface area contributed by atoms with Gasteiger partial charge in [0, 0.05) is 22.1 Å². The third-order valence-electron chi connectivity index (χ3n) is 2.90. The van der Waals surface area contributed by atoms with Gasteiger partial charge in [-0.05, 0) is 42.5 Å². The maximum absolute atomic E-state index is 11.5. The molecular weight excluding hydrogens is 322 g/mol. The minimum atomic E-state index is -0.497. The normalized spacial score (nSPS) is 16.4. The number of nitrogens with one attached hydrogen (secondary N) is 2. The lowest BCUT2D eigenvalue weighted by Crippen LogP contribution is -2.22. The highest BCUT2D eigenvalue weighted by Crippen LogP contribution is 2.18. The van der Waals surface area contributed by atoms with Crippen LogP contribution >= 0.6 is 15.9 Å². The van der Waals surface area contributed by atoms with Gasteiger partial charge in [0.1, 0.15) is 5.70 Å². The molecule has 1 fully saturated rings. The van der Waals surface area contributed by atoms with E-state index in [0.29, 0.717) is 0 Å². The third-order valence-corrected chi connectivity index (χ3v) is 3.43. The highest BCUT2D eigenvalue weighted by atomic mass is 79.9. The molecule has 0 aliphatic carbocycles. The van der Waals surface area contributed by atoms with Crippen molar-refractivity contribution in [1.29, 1.82) is 0 Å². The Labute approximate surface area is 123 Å². The summed E-state index contributed by atoms with van der Waals surface area (Å²) < 4.78 is 2.92. The average molecular weight is 332 g/mol. The molecule has 5 nitrogen and oxygen atoms in total. The molecule has 1 aliphatic rings. The van der Waals surface area contributed by atoms with Crippen molar-refractivity contribution in [3.05, 3.63) is 58.5 Å². The summed E-state index contributed by atoms with van der Waals surface area (Å²) in [4.78, 5) is 22.6. The van der Waals surface area contributed by atoms with Gasteiger partial charge in [0.05, 0.1) is 0 Å². The van der Waals surface area contributed by atoms with Gasteiger partial charge in [-0.15, -0.1) is 0 Å². The van der Waals surface area contributed by atoms with Crippen molar-refractivity contribution in [2.75, 3.05) is 0 Å². The summed E-state index contributed by atoms with van der Waals surface area (Å²) in [5.74, 6) is -0.418. The van der Waals surface area contributed by atoms with Gasteiger partial charge in [-0.1, -0.05) is 15.9 Å². The first kappa shape index (κ1) is 12.7. The molecule has 1 aromatic carbocycles. The van der Waals surface area contributed by atoms with E-state index in [1.54, 1.807) is 6.08 Å². The molecule has 0 atom stereocenters. The van der Waals surface area contributed by atoms with Gasteiger partial charge < -0.3 is 9.88 Å². The Morgan fingerprint density at radius 3 is 2.45 bits per heavy atom. The van der Waals surface area contributed by atoms with Gasteiger partial charge >= 0.3 is 6.03 Å². The lowest BCUT2D eigenvalue weighted by atomic mass is 10.3. The molecule has 3 amide bonds. The molecule has 1 aliphatic heterocycles. The number of hydrogen-bond donors (Lipinski definition) is 2. The van der Waals surface area contributed by atoms with Crippen LogP contribution in [-0.2, 0) is 4.79 Å². The van der Waals surface area contributed by atoms with Crippen LogP contribution in [0.15, 0.2) is 52.8 Å². The van der Waals surface area contributed by atoms with Crippen LogP contribution in [0.25, 0.3) is 11.8 Å². The minimum absolute atomic E-state index is 0.243. The van der Waals surface area contributed by atoms with Crippen molar-refractivity contribution in [2.24, 2.45) is 0 Å². The molecule has 20 heavy (non-hydrogen) atoms. The van der Waals surface area contributed by atoms with Crippen molar-refractivity contribution in [3.63, 3.8) is 0 Å². The van der Waals surface area contributed by atoms with Gasteiger partial charge in [-0.2, -0.15) is 0 Å². The van der Waals surface area contributed by atoms with E-state index in [0.717, 1.165) is 15.9 Å². The van der Waals surface area contributed by atoms with E-state index in [2.05, 4.69) is 26.6 Å². The predicted octanol–water partition coefficient (Wildman–Crippen LogP) is 2.42. The lowest BCUT2D eigenvalue weighted by molar-refractivity contribution is -0.115. The summed E-state index contributed by atoms with van der Waals surface area (Å²) in [6.07, 6.45) is 3.53. The number of amides is 3. The number of hydrogen-bond acceptors (Lipinski definition) is 2. The molecule has 0 saturated carbocycles. The predicted molar refractivity (Wildman–Crippen MR) is 78.1 cm³/mol. The summed E-state index contributed by atoms with van der Waals surface area (Å²) >= 11 is 3.39. The Kier molecular flexibility index (Phi) is 3.15. The first-order valence-corrected chi connectivity index (χ1v) is 6.70. The SMILES string of the molecule is O=C1NC(=O)/C(=C\c2cccn2-c2ccc(Br)cc2)N1. The second kappa shape index (κ2) is 4.97. The van der Waals surface area contributed by atoms with Crippen molar-refractivity contribution < 1.29 is 9.59 Å². The quantitative estimate of drug-likeness (QED) is 0.655. The molecule has 1 saturated heterocycles. The van der Waals surface area contributed by atoms with E-state index in [9.17, 15) is 9.59 Å². The fourth-order valence-electron chi connectivity index (χ4n) is 1.98. The summed E-state index contributed by atoms with van der Waals surface area (Å²) in [5, 5.41) is 4.64. The van der Waals surface area contributed by atoms with E-state index in [1.165, 1.54) is 0 Å². The van der Waals surface area contributed by atoms with Crippen LogP contribution in [0.4, 0.5) is 4.79 Å². The van der Waals surface area contributed by atoms with E-state index >= 15 is 0 Å². The topological polar surface area (TPSA) is 63.1 Å². The van der Waals surface area contributed by atoms with Crippen molar-refractivity contribution in [2.45, 2.75) is 0 Å². The standard InChI is InChI=1S/C14H10BrN3O2/c15-9-3-5-10(6-4-9)18-7-1-2-11(18)8-12-13(19)17-14(20)16-12/h1-8H,(H2,16,17,19,20)/b12-8+. The number of urea groups is 1. The number of aromatic nitrogens is 1. The number of benzene rings is 1. The molecule has 100 valence electrons. The summed E-state index contributed by atoms with van der Waals surface area (Å²) in [6, 6.07) is 11.0. The Morgan fingerprint density at radius 1 is 1.05 bits per heavy atom. The summed E-state index contributed by atoms with van der Waals surface area (Å²) in [5.41, 5.74) is 2.02. The zero-order chi connectivity index (χ0) is 14.1. The molecule has 2 N–H and O–H groups in total. The van der Waals surface area contributed by atoms with Gasteiger partial charge in [0.15, 0.2) is 0 Å². The molecule has 0 bridgehead atoms. The monoisotopic (exact) mass is 331 g/mol. The molecule has 3 rings (SSSR count). The number of carbonyl (C=O) groups is 2. The Morgan fingerprint density at radius 2 is 1.80 bits per heavy atom. The number of imide groups is 1. The number of halogens is 1. The zero-order valence-corrected chi connectivity index (χ0v) is 11.8. The molecule has 2 aromatic rings. The van der Waals surface area contributed by atoms with Gasteiger partial charge in [-0.3, -0.25) is 10.1 Å². The molecule has 6 heteroatoms. The van der Waals surface area contributed by atoms with Crippen LogP contribution in [0.5, 0.6) is 0 Å². The van der Waals surface area contributed by atoms with Crippen molar-refractivity contribution >= 4 is 33.9 Å². The fraction of sp³-hybridized carbons (Fsp3) is 0. The number of carbonyl (C=O) groups excluding carboxylic acids is 2. The molecular formula is C14H10BrN3O2. The van der Waals surface area contributed by atoms with Crippen molar-refractivity contribution in [3.8, 4) is 5.69 Å². The third kappa shape index (κ3) is 2.37. The second-order valence-electron chi connectivity index (χ2n) is 4.25. The molecule has 2 heterocycles. The Bertz CT molecular complexity index is 716. The maximum atomic E-state index is 11.5. The van der Waals surface area contributed by atoms with E-state index in [1.807, 2.05) is 47.2 Å². The van der Waals surface area contributed by atoms with Gasteiger partial charge in [0.2, 0.25) is 0 Å². The largest absolute Gasteiger partial charge is 0.326 e. The number of rotatable bonds is 2. The zero-order valence-electron chi connectivity index (χ0n) is 10.3. The van der Waals surface area contributed by atoms with Crippen LogP contribution < -0.4 is 10.6 Å². The fourth-order valence-corrected chi connectivity index (χ4v) is 2.24. The summed E-state index contributed by atoms with van der Waals surface area (Å²) in [7, 11) is 0. The summed E-state index contributed by atoms with van der Waals surface area (Å²) in [6.45, 7) is 0. The van der Waals surface area contributed by atoms with E-state index in [4.69, 9.17) is 0 Å². The molecule has 0 spiro atoms. The second-order valence-corrected chi connectivity index (χ2v) is 5.16. The number of nitrogens with zero attached hydrogens (tertiary/aromatic N) is 1. The average Bonchev–Trinajstić information content (AvgIpc) is 2.98. The highest BCUT2D eigenvalue weighted by Gasteiger charge is 2.23. The maximum Gasteiger partial charge on any atom is 0.326 e. The van der Waals surface area contributed by atoms with Crippen LogP contribution in [0.2, 0.25) is 0 Å². The van der Waals surface area contributed by atoms with Crippen LogP contribution in [0, 0.1) is 0 Å². The smallest absolute Gasteiger partial charge is 0.317 e. The molecule has 1 aromatic heterocycles. The van der Waals surface area contributed by atoms with Crippen molar-refractivity contribution in [1.82, 2.24) is 15.2 Å². The Hall–Kier alpha value is -2.34. The first-order chi connectivity index (χ1) is 9.63. The van der Waals surface area contributed by atoms with Crippen LogP contribution in [0.3, 0.4) is 0 Å². The van der Waals surface area contributed by atoms with Gasteiger partial charge in [-0.25, -0.2) is 4.79 Å². The highest BCUT2D eigenvalue weighted by molar-refractivity contribution is 9.10. The Balaban J connectivity index is 1.99. The molecule has 0 unspecified atom stereocenters. The first-order valence-electron chi connectivity index (χ1n) is 5.91. The molecule has 0 radical (unpaired) electrons. The van der Waals surface area contributed by atoms with E-state index in [-0.39, 0.29) is 5.70 Å². The lowest BCUT2D eigenvalue weighted by Gasteiger charge is -2.07. The van der Waals surface area contributed by atoms with Crippen LogP contribution in [-0.4, -0.2) is 16.5 Å². The van der Waals surface area contributed by atoms with E-state index < -0.39 is 11.9 Å². The minimum Gasteiger partial charge on any atom is -0.317 e. The van der Waals surface area contributed by atoms with Gasteiger partial charge in [0.25, 0.3) is 5.91 Å². The van der Waals surface area contributed by atoms with Crippen LogP contribution in [0.1, 0.15) is 5.69 Å².